The van der Waals surface area contributed by atoms with E-state index in [-0.39, 0.29) is 17.3 Å². The number of amides is 1. The van der Waals surface area contributed by atoms with Crippen LogP contribution in [0.15, 0.2) is 24.7 Å². The summed E-state index contributed by atoms with van der Waals surface area (Å²) in [4.78, 5) is 22.5. The SMILES string of the molecule is CC(C)C1CCC(n2cc(NC(=O)c3cnn4ccc(N5CCC(N(C)C)CC5)nc34)c(C(F)F)n2)CC1. The van der Waals surface area contributed by atoms with E-state index in [1.165, 1.54) is 10.7 Å². The van der Waals surface area contributed by atoms with Gasteiger partial charge >= 0.3 is 0 Å². The summed E-state index contributed by atoms with van der Waals surface area (Å²) in [6.07, 6.45) is 7.94. The molecule has 0 aromatic carbocycles. The first-order valence-electron chi connectivity index (χ1n) is 13.7. The molecule has 1 aliphatic heterocycles. The maximum absolute atomic E-state index is 13.9. The first-order valence-corrected chi connectivity index (χ1v) is 13.7. The quantitative estimate of drug-likeness (QED) is 0.463. The van der Waals surface area contributed by atoms with Crippen molar-refractivity contribution in [2.45, 2.75) is 70.9 Å². The fraction of sp³-hybridized carbons (Fsp3) is 0.630. The van der Waals surface area contributed by atoms with Crippen LogP contribution in [-0.2, 0) is 0 Å². The summed E-state index contributed by atoms with van der Waals surface area (Å²) >= 11 is 0. The van der Waals surface area contributed by atoms with Crippen molar-refractivity contribution in [1.82, 2.24) is 29.3 Å². The Labute approximate surface area is 222 Å². The summed E-state index contributed by atoms with van der Waals surface area (Å²) in [6, 6.07) is 2.50. The highest BCUT2D eigenvalue weighted by molar-refractivity contribution is 6.08. The number of carbonyl (C=O) groups excluding carboxylic acids is 1. The lowest BCUT2D eigenvalue weighted by atomic mass is 9.80. The molecule has 11 heteroatoms. The van der Waals surface area contributed by atoms with Crippen LogP contribution in [0.5, 0.6) is 0 Å². The van der Waals surface area contributed by atoms with E-state index in [1.54, 1.807) is 17.1 Å². The van der Waals surface area contributed by atoms with E-state index in [4.69, 9.17) is 4.98 Å². The second kappa shape index (κ2) is 11.0. The van der Waals surface area contributed by atoms with E-state index in [0.717, 1.165) is 57.4 Å². The maximum Gasteiger partial charge on any atom is 0.284 e. The fourth-order valence-electron chi connectivity index (χ4n) is 5.88. The molecule has 0 spiro atoms. The highest BCUT2D eigenvalue weighted by Crippen LogP contribution is 2.37. The third-order valence-corrected chi connectivity index (χ3v) is 8.39. The summed E-state index contributed by atoms with van der Waals surface area (Å²) in [6.45, 7) is 6.20. The number of rotatable bonds is 7. The summed E-state index contributed by atoms with van der Waals surface area (Å²) in [7, 11) is 4.20. The van der Waals surface area contributed by atoms with Crippen LogP contribution in [0.1, 0.15) is 80.9 Å². The largest absolute Gasteiger partial charge is 0.356 e. The average molecular weight is 529 g/mol. The molecule has 38 heavy (non-hydrogen) atoms. The summed E-state index contributed by atoms with van der Waals surface area (Å²) in [5.41, 5.74) is 0.267. The normalized spacial score (nSPS) is 21.2. The van der Waals surface area contributed by atoms with Crippen molar-refractivity contribution in [3.05, 3.63) is 35.9 Å². The number of fused-ring (bicyclic) bond motifs is 1. The van der Waals surface area contributed by atoms with Crippen molar-refractivity contribution in [1.29, 1.82) is 0 Å². The smallest absolute Gasteiger partial charge is 0.284 e. The molecule has 206 valence electrons. The Morgan fingerprint density at radius 1 is 1.11 bits per heavy atom. The number of hydrogen-bond donors (Lipinski definition) is 1. The minimum atomic E-state index is -2.79. The molecule has 9 nitrogen and oxygen atoms in total. The third kappa shape index (κ3) is 5.39. The molecule has 0 unspecified atom stereocenters. The molecule has 0 bridgehead atoms. The molecule has 1 saturated heterocycles. The number of hydrogen-bond acceptors (Lipinski definition) is 6. The molecule has 1 aliphatic carbocycles. The van der Waals surface area contributed by atoms with Gasteiger partial charge in [-0.15, -0.1) is 0 Å². The summed E-state index contributed by atoms with van der Waals surface area (Å²) in [5, 5.41) is 11.1. The Morgan fingerprint density at radius 3 is 2.45 bits per heavy atom. The van der Waals surface area contributed by atoms with Crippen LogP contribution in [0.25, 0.3) is 5.65 Å². The Kier molecular flexibility index (Phi) is 7.65. The van der Waals surface area contributed by atoms with Gasteiger partial charge in [-0.2, -0.15) is 10.2 Å². The van der Waals surface area contributed by atoms with Crippen molar-refractivity contribution in [3.63, 3.8) is 0 Å². The van der Waals surface area contributed by atoms with Crippen LogP contribution in [-0.4, -0.2) is 68.4 Å². The Morgan fingerprint density at radius 2 is 1.82 bits per heavy atom. The van der Waals surface area contributed by atoms with Gasteiger partial charge in [-0.1, -0.05) is 13.8 Å². The van der Waals surface area contributed by atoms with Crippen LogP contribution in [0.3, 0.4) is 0 Å². The first-order chi connectivity index (χ1) is 18.2. The maximum atomic E-state index is 13.9. The Balaban J connectivity index is 1.33. The predicted octanol–water partition coefficient (Wildman–Crippen LogP) is 5.03. The molecule has 5 rings (SSSR count). The topological polar surface area (TPSA) is 83.6 Å². The molecule has 3 aromatic rings. The number of anilines is 2. The number of piperidine rings is 1. The number of carbonyl (C=O) groups is 1. The second-order valence-electron chi connectivity index (χ2n) is 11.3. The molecule has 0 atom stereocenters. The lowest BCUT2D eigenvalue weighted by molar-refractivity contribution is 0.102. The van der Waals surface area contributed by atoms with E-state index in [2.05, 4.69) is 53.3 Å². The lowest BCUT2D eigenvalue weighted by Gasteiger charge is -2.35. The van der Waals surface area contributed by atoms with Crippen LogP contribution < -0.4 is 10.2 Å². The molecule has 1 amide bonds. The highest BCUT2D eigenvalue weighted by atomic mass is 19.3. The molecule has 1 saturated carbocycles. The molecule has 3 aromatic heterocycles. The highest BCUT2D eigenvalue weighted by Gasteiger charge is 2.29. The van der Waals surface area contributed by atoms with Crippen LogP contribution in [0.2, 0.25) is 0 Å². The van der Waals surface area contributed by atoms with Gasteiger partial charge in [-0.3, -0.25) is 9.48 Å². The van der Waals surface area contributed by atoms with Crippen molar-refractivity contribution < 1.29 is 13.6 Å². The molecular weight excluding hydrogens is 490 g/mol. The van der Waals surface area contributed by atoms with Crippen molar-refractivity contribution >= 4 is 23.1 Å². The predicted molar refractivity (Wildman–Crippen MR) is 143 cm³/mol. The molecule has 2 aliphatic rings. The third-order valence-electron chi connectivity index (χ3n) is 8.39. The Bertz CT molecular complexity index is 1250. The zero-order valence-corrected chi connectivity index (χ0v) is 22.6. The van der Waals surface area contributed by atoms with Gasteiger partial charge in [0.2, 0.25) is 0 Å². The zero-order chi connectivity index (χ0) is 27.0. The summed E-state index contributed by atoms with van der Waals surface area (Å²) in [5.74, 6) is 1.52. The average Bonchev–Trinajstić information content (AvgIpc) is 3.53. The van der Waals surface area contributed by atoms with Crippen LogP contribution >= 0.6 is 0 Å². The van der Waals surface area contributed by atoms with Gasteiger partial charge in [0.25, 0.3) is 12.3 Å². The van der Waals surface area contributed by atoms with Gasteiger partial charge in [0.15, 0.2) is 11.3 Å². The van der Waals surface area contributed by atoms with Crippen LogP contribution in [0, 0.1) is 11.8 Å². The minimum absolute atomic E-state index is 0.0391. The van der Waals surface area contributed by atoms with E-state index in [9.17, 15) is 13.6 Å². The fourth-order valence-corrected chi connectivity index (χ4v) is 5.88. The zero-order valence-electron chi connectivity index (χ0n) is 22.6. The minimum Gasteiger partial charge on any atom is -0.356 e. The number of alkyl halides is 2. The lowest BCUT2D eigenvalue weighted by Crippen LogP contribution is -2.42. The van der Waals surface area contributed by atoms with E-state index >= 15 is 0 Å². The monoisotopic (exact) mass is 528 g/mol. The van der Waals surface area contributed by atoms with Crippen LogP contribution in [0.4, 0.5) is 20.3 Å². The second-order valence-corrected chi connectivity index (χ2v) is 11.3. The van der Waals surface area contributed by atoms with Gasteiger partial charge < -0.3 is 15.1 Å². The van der Waals surface area contributed by atoms with Gasteiger partial charge in [-0.25, -0.2) is 18.3 Å². The van der Waals surface area contributed by atoms with Gasteiger partial charge in [0, 0.05) is 31.5 Å². The van der Waals surface area contributed by atoms with Crippen molar-refractivity contribution in [3.8, 4) is 0 Å². The molecule has 4 heterocycles. The molecular formula is C27H38F2N8O. The summed E-state index contributed by atoms with van der Waals surface area (Å²) < 4.78 is 30.9. The van der Waals surface area contributed by atoms with E-state index in [1.807, 2.05) is 6.07 Å². The first kappa shape index (κ1) is 26.5. The molecule has 2 fully saturated rings. The number of aromatic nitrogens is 5. The molecule has 0 radical (unpaired) electrons. The van der Waals surface area contributed by atoms with E-state index in [0.29, 0.717) is 23.5 Å². The van der Waals surface area contributed by atoms with E-state index < -0.39 is 18.0 Å². The van der Waals surface area contributed by atoms with Gasteiger partial charge in [0.05, 0.1) is 17.9 Å². The van der Waals surface area contributed by atoms with Crippen molar-refractivity contribution in [2.75, 3.05) is 37.4 Å². The Hall–Kier alpha value is -3.08. The molecule has 1 N–H and O–H groups in total. The van der Waals surface area contributed by atoms with Gasteiger partial charge in [-0.05, 0) is 70.5 Å². The number of halogens is 2. The standard InChI is InChI=1S/C27H38F2N8O/c1-17(2)18-5-7-20(8-6-18)37-16-22(24(33-37)25(28)29)31-27(38)21-15-30-36-14-11-23(32-26(21)36)35-12-9-19(10-13-35)34(3)4/h11,14-20,25H,5-10,12-13H2,1-4H3,(H,31,38). The number of nitrogens with one attached hydrogen (secondary N) is 1. The number of nitrogens with zero attached hydrogens (tertiary/aromatic N) is 7. The van der Waals surface area contributed by atoms with Gasteiger partial charge in [0.1, 0.15) is 11.4 Å². The van der Waals surface area contributed by atoms with Crippen molar-refractivity contribution in [2.24, 2.45) is 11.8 Å².